The average molecular weight is 392 g/mol. The number of rotatable bonds is 4. The summed E-state index contributed by atoms with van der Waals surface area (Å²) in [7, 11) is -1.64. The summed E-state index contributed by atoms with van der Waals surface area (Å²) in [6.45, 7) is 9.09. The standard InChI is InChI=1S/C25H33NOSi/c1-19-14-16-21(17-15-19)26-23-13-9-8-12-22(23)25(27-28(2,3)4)18-24(26)20-10-6-5-7-11-20/h5-7,10-11,14-17,23-24H,8-9,12-13,18H2,1-4H3/t23-,24+/m0/s1. The van der Waals surface area contributed by atoms with Gasteiger partial charge in [0.1, 0.15) is 0 Å². The molecule has 0 saturated heterocycles. The minimum atomic E-state index is -1.64. The molecule has 3 heteroatoms. The molecule has 0 amide bonds. The molecule has 0 unspecified atom stereocenters. The average Bonchev–Trinajstić information content (AvgIpc) is 2.68. The lowest BCUT2D eigenvalue weighted by Gasteiger charge is -2.48. The highest BCUT2D eigenvalue weighted by Gasteiger charge is 2.39. The van der Waals surface area contributed by atoms with Crippen molar-refractivity contribution in [1.82, 2.24) is 0 Å². The molecule has 1 fully saturated rings. The van der Waals surface area contributed by atoms with E-state index in [1.165, 1.54) is 48.3 Å². The van der Waals surface area contributed by atoms with Gasteiger partial charge in [-0.15, -0.1) is 0 Å². The molecule has 1 heterocycles. The second-order valence-electron chi connectivity index (χ2n) is 9.30. The van der Waals surface area contributed by atoms with Gasteiger partial charge in [-0.05, 0) is 69.1 Å². The highest BCUT2D eigenvalue weighted by molar-refractivity contribution is 6.70. The molecule has 0 bridgehead atoms. The van der Waals surface area contributed by atoms with E-state index in [1.807, 2.05) is 0 Å². The molecule has 28 heavy (non-hydrogen) atoms. The van der Waals surface area contributed by atoms with Crippen molar-refractivity contribution in [1.29, 1.82) is 0 Å². The van der Waals surface area contributed by atoms with Crippen molar-refractivity contribution in [3.63, 3.8) is 0 Å². The molecule has 2 aromatic rings. The Labute approximate surface area is 171 Å². The van der Waals surface area contributed by atoms with Crippen LogP contribution in [0.1, 0.15) is 49.3 Å². The summed E-state index contributed by atoms with van der Waals surface area (Å²) in [5.41, 5.74) is 5.63. The number of nitrogens with zero attached hydrogens (tertiary/aromatic N) is 1. The normalized spacial score (nSPS) is 22.8. The lowest BCUT2D eigenvalue weighted by Crippen LogP contribution is -2.46. The van der Waals surface area contributed by atoms with E-state index >= 15 is 0 Å². The minimum Gasteiger partial charge on any atom is -0.547 e. The first-order valence-corrected chi connectivity index (χ1v) is 14.1. The fraction of sp³-hybridized carbons (Fsp3) is 0.440. The molecule has 1 aliphatic heterocycles. The van der Waals surface area contributed by atoms with E-state index in [2.05, 4.69) is 86.1 Å². The topological polar surface area (TPSA) is 12.5 Å². The second kappa shape index (κ2) is 7.79. The Bertz CT molecular complexity index is 835. The molecule has 4 rings (SSSR count). The van der Waals surface area contributed by atoms with Gasteiger partial charge in [0, 0.05) is 12.1 Å². The van der Waals surface area contributed by atoms with Crippen LogP contribution in [0.3, 0.4) is 0 Å². The first-order chi connectivity index (χ1) is 13.4. The lowest BCUT2D eigenvalue weighted by molar-refractivity contribution is 0.320. The zero-order chi connectivity index (χ0) is 19.7. The van der Waals surface area contributed by atoms with E-state index in [-0.39, 0.29) is 0 Å². The van der Waals surface area contributed by atoms with Gasteiger partial charge >= 0.3 is 0 Å². The molecule has 2 aromatic carbocycles. The summed E-state index contributed by atoms with van der Waals surface area (Å²) >= 11 is 0. The van der Waals surface area contributed by atoms with Crippen LogP contribution >= 0.6 is 0 Å². The van der Waals surface area contributed by atoms with Crippen LogP contribution in [0.25, 0.3) is 0 Å². The molecule has 1 saturated carbocycles. The number of anilines is 1. The van der Waals surface area contributed by atoms with E-state index in [0.717, 1.165) is 6.42 Å². The third kappa shape index (κ3) is 4.05. The van der Waals surface area contributed by atoms with Crippen molar-refractivity contribution < 1.29 is 4.43 Å². The molecule has 1 aliphatic carbocycles. The number of benzene rings is 2. The van der Waals surface area contributed by atoms with Crippen molar-refractivity contribution in [3.05, 3.63) is 77.1 Å². The zero-order valence-electron chi connectivity index (χ0n) is 17.7. The van der Waals surface area contributed by atoms with Crippen LogP contribution in [-0.4, -0.2) is 14.4 Å². The Balaban J connectivity index is 1.82. The Hall–Kier alpha value is -2.00. The Kier molecular flexibility index (Phi) is 5.37. The van der Waals surface area contributed by atoms with E-state index in [0.29, 0.717) is 12.1 Å². The predicted molar refractivity (Wildman–Crippen MR) is 121 cm³/mol. The Morgan fingerprint density at radius 2 is 1.61 bits per heavy atom. The van der Waals surface area contributed by atoms with Gasteiger partial charge < -0.3 is 9.33 Å². The van der Waals surface area contributed by atoms with Gasteiger partial charge in [0.25, 0.3) is 0 Å². The molecule has 2 nitrogen and oxygen atoms in total. The van der Waals surface area contributed by atoms with Crippen molar-refractivity contribution in [2.45, 2.75) is 70.8 Å². The summed E-state index contributed by atoms with van der Waals surface area (Å²) in [6, 6.07) is 20.9. The maximum Gasteiger partial charge on any atom is 0.241 e. The van der Waals surface area contributed by atoms with Crippen molar-refractivity contribution in [2.24, 2.45) is 0 Å². The van der Waals surface area contributed by atoms with Crippen LogP contribution in [0.15, 0.2) is 65.9 Å². The highest BCUT2D eigenvalue weighted by Crippen LogP contribution is 2.46. The number of aryl methyl sites for hydroxylation is 1. The Morgan fingerprint density at radius 1 is 0.893 bits per heavy atom. The smallest absolute Gasteiger partial charge is 0.241 e. The molecular formula is C25H33NOSi. The van der Waals surface area contributed by atoms with Crippen LogP contribution in [0, 0.1) is 6.92 Å². The maximum absolute atomic E-state index is 6.70. The molecule has 0 aromatic heterocycles. The van der Waals surface area contributed by atoms with E-state index in [4.69, 9.17) is 4.43 Å². The van der Waals surface area contributed by atoms with Crippen LogP contribution in [0.2, 0.25) is 19.6 Å². The van der Waals surface area contributed by atoms with Crippen molar-refractivity contribution >= 4 is 14.0 Å². The first-order valence-electron chi connectivity index (χ1n) is 10.7. The molecule has 2 aliphatic rings. The summed E-state index contributed by atoms with van der Waals surface area (Å²) in [6.07, 6.45) is 5.99. The minimum absolute atomic E-state index is 0.335. The third-order valence-corrected chi connectivity index (χ3v) is 6.79. The molecule has 148 valence electrons. The van der Waals surface area contributed by atoms with Gasteiger partial charge in [0.15, 0.2) is 0 Å². The highest BCUT2D eigenvalue weighted by atomic mass is 28.4. The van der Waals surface area contributed by atoms with Gasteiger partial charge in [-0.25, -0.2) is 0 Å². The monoisotopic (exact) mass is 391 g/mol. The second-order valence-corrected chi connectivity index (χ2v) is 13.7. The van der Waals surface area contributed by atoms with Crippen molar-refractivity contribution in [2.75, 3.05) is 4.90 Å². The first kappa shape index (κ1) is 19.3. The van der Waals surface area contributed by atoms with E-state index in [1.54, 1.807) is 5.57 Å². The quantitative estimate of drug-likeness (QED) is 0.520. The molecule has 0 N–H and O–H groups in total. The predicted octanol–water partition coefficient (Wildman–Crippen LogP) is 6.99. The number of hydrogen-bond acceptors (Lipinski definition) is 2. The number of hydrogen-bond donors (Lipinski definition) is 0. The fourth-order valence-electron chi connectivity index (χ4n) is 4.76. The molecule has 2 atom stereocenters. The van der Waals surface area contributed by atoms with Gasteiger partial charge in [-0.2, -0.15) is 0 Å². The van der Waals surface area contributed by atoms with Gasteiger partial charge in [0.2, 0.25) is 8.32 Å². The van der Waals surface area contributed by atoms with Crippen LogP contribution in [0.4, 0.5) is 5.69 Å². The summed E-state index contributed by atoms with van der Waals surface area (Å²) in [4.78, 5) is 2.69. The van der Waals surface area contributed by atoms with E-state index in [9.17, 15) is 0 Å². The maximum atomic E-state index is 6.70. The Morgan fingerprint density at radius 3 is 2.29 bits per heavy atom. The SMILES string of the molecule is Cc1ccc(N2[C@@H](c3ccccc3)CC(O[Si](C)(C)C)=C3CCCC[C@@H]32)cc1. The van der Waals surface area contributed by atoms with Crippen LogP contribution in [-0.2, 0) is 4.43 Å². The van der Waals surface area contributed by atoms with Gasteiger partial charge in [0.05, 0.1) is 17.8 Å². The summed E-state index contributed by atoms with van der Waals surface area (Å²) < 4.78 is 6.70. The largest absolute Gasteiger partial charge is 0.547 e. The lowest BCUT2D eigenvalue weighted by atomic mass is 9.81. The third-order valence-electron chi connectivity index (χ3n) is 5.93. The molecular weight excluding hydrogens is 358 g/mol. The number of fused-ring (bicyclic) bond motifs is 1. The summed E-state index contributed by atoms with van der Waals surface area (Å²) in [5, 5.41) is 0. The van der Waals surface area contributed by atoms with E-state index < -0.39 is 8.32 Å². The zero-order valence-corrected chi connectivity index (χ0v) is 18.7. The van der Waals surface area contributed by atoms with Gasteiger partial charge in [-0.3, -0.25) is 0 Å². The summed E-state index contributed by atoms with van der Waals surface area (Å²) in [5.74, 6) is 1.31. The van der Waals surface area contributed by atoms with Crippen molar-refractivity contribution in [3.8, 4) is 0 Å². The van der Waals surface area contributed by atoms with Gasteiger partial charge in [-0.1, -0.05) is 54.4 Å². The molecule has 0 radical (unpaired) electrons. The molecule has 0 spiro atoms. The van der Waals surface area contributed by atoms with Crippen LogP contribution < -0.4 is 4.90 Å². The fourth-order valence-corrected chi connectivity index (χ4v) is 5.71. The van der Waals surface area contributed by atoms with Crippen LogP contribution in [0.5, 0.6) is 0 Å².